The van der Waals surface area contributed by atoms with Crippen LogP contribution in [0.1, 0.15) is 29.9 Å². The topological polar surface area (TPSA) is 137 Å². The molecule has 0 spiro atoms. The number of aryl methyl sites for hydroxylation is 2. The molecule has 0 atom stereocenters. The number of sulfonamides is 1. The quantitative estimate of drug-likeness (QED) is 0.545. The number of ether oxygens (including phenoxy) is 1. The molecule has 1 amide bonds. The van der Waals surface area contributed by atoms with Gasteiger partial charge in [-0.1, -0.05) is 5.16 Å². The zero-order valence-corrected chi connectivity index (χ0v) is 18.3. The summed E-state index contributed by atoms with van der Waals surface area (Å²) >= 11 is 0. The number of primary sulfonamides is 1. The van der Waals surface area contributed by atoms with Gasteiger partial charge in [0, 0.05) is 24.1 Å². The summed E-state index contributed by atoms with van der Waals surface area (Å²) in [6.45, 7) is 3.56. The van der Waals surface area contributed by atoms with Crippen LogP contribution >= 0.6 is 0 Å². The Hall–Kier alpha value is -3.24. The number of hydrogen-bond donors (Lipinski definition) is 2. The zero-order valence-electron chi connectivity index (χ0n) is 17.5. The molecule has 0 aliphatic carbocycles. The Morgan fingerprint density at radius 3 is 2.55 bits per heavy atom. The van der Waals surface area contributed by atoms with Gasteiger partial charge in [-0.2, -0.15) is 4.98 Å². The first-order valence-electron chi connectivity index (χ1n) is 9.58. The summed E-state index contributed by atoms with van der Waals surface area (Å²) in [5, 5.41) is 11.9. The molecular formula is C21H24N4O5S. The zero-order chi connectivity index (χ0) is 22.6. The predicted molar refractivity (Wildman–Crippen MR) is 115 cm³/mol. The number of aromatic nitrogens is 2. The molecule has 1 heterocycles. The van der Waals surface area contributed by atoms with Gasteiger partial charge in [0.1, 0.15) is 5.75 Å². The third-order valence-electron chi connectivity index (χ3n) is 4.85. The fraction of sp³-hybridized carbons (Fsp3) is 0.286. The summed E-state index contributed by atoms with van der Waals surface area (Å²) in [6, 6.07) is 10.1. The number of anilines is 1. The third kappa shape index (κ3) is 5.68. The number of carbonyl (C=O) groups is 1. The van der Waals surface area contributed by atoms with Crippen LogP contribution in [0.2, 0.25) is 0 Å². The molecule has 0 bridgehead atoms. The average molecular weight is 445 g/mol. The first-order chi connectivity index (χ1) is 14.7. The van der Waals surface area contributed by atoms with E-state index < -0.39 is 10.0 Å². The number of nitrogens with two attached hydrogens (primary N) is 1. The maximum Gasteiger partial charge on any atom is 0.238 e. The minimum Gasteiger partial charge on any atom is -0.497 e. The molecule has 0 saturated heterocycles. The highest BCUT2D eigenvalue weighted by Crippen LogP contribution is 2.24. The Bertz CT molecular complexity index is 1190. The molecule has 31 heavy (non-hydrogen) atoms. The van der Waals surface area contributed by atoms with Crippen molar-refractivity contribution in [3.8, 4) is 17.1 Å². The lowest BCUT2D eigenvalue weighted by Crippen LogP contribution is -2.16. The molecule has 10 heteroatoms. The van der Waals surface area contributed by atoms with Crippen LogP contribution in [0, 0.1) is 13.8 Å². The minimum absolute atomic E-state index is 0.0391. The predicted octanol–water partition coefficient (Wildman–Crippen LogP) is 2.97. The number of amides is 1. The van der Waals surface area contributed by atoms with Crippen molar-refractivity contribution in [3.05, 3.63) is 53.4 Å². The highest BCUT2D eigenvalue weighted by molar-refractivity contribution is 7.89. The normalized spacial score (nSPS) is 11.4. The molecule has 0 aliphatic heterocycles. The van der Waals surface area contributed by atoms with Gasteiger partial charge in [-0.05, 0) is 67.8 Å². The van der Waals surface area contributed by atoms with Crippen molar-refractivity contribution in [2.75, 3.05) is 12.4 Å². The Balaban J connectivity index is 1.57. The first-order valence-corrected chi connectivity index (χ1v) is 11.1. The maximum absolute atomic E-state index is 12.3. The van der Waals surface area contributed by atoms with Crippen LogP contribution in [0.15, 0.2) is 45.8 Å². The lowest BCUT2D eigenvalue weighted by atomic mass is 10.1. The SMILES string of the molecule is COc1ccc(-c2noc(CCCC(=O)Nc3cc(S(N)(=O)=O)cc(C)c3C)n2)cc1. The molecule has 2 aromatic carbocycles. The summed E-state index contributed by atoms with van der Waals surface area (Å²) < 4.78 is 33.7. The molecule has 3 rings (SSSR count). The van der Waals surface area contributed by atoms with Crippen LogP contribution in [-0.4, -0.2) is 31.6 Å². The molecule has 3 aromatic rings. The lowest BCUT2D eigenvalue weighted by Gasteiger charge is -2.12. The smallest absolute Gasteiger partial charge is 0.238 e. The van der Waals surface area contributed by atoms with Gasteiger partial charge in [0.25, 0.3) is 0 Å². The van der Waals surface area contributed by atoms with Crippen molar-refractivity contribution in [1.82, 2.24) is 10.1 Å². The van der Waals surface area contributed by atoms with Crippen LogP contribution < -0.4 is 15.2 Å². The molecule has 0 aliphatic rings. The van der Waals surface area contributed by atoms with E-state index in [9.17, 15) is 13.2 Å². The van der Waals surface area contributed by atoms with E-state index >= 15 is 0 Å². The second-order valence-corrected chi connectivity index (χ2v) is 8.66. The molecule has 1 aromatic heterocycles. The van der Waals surface area contributed by atoms with Crippen LogP contribution in [0.25, 0.3) is 11.4 Å². The van der Waals surface area contributed by atoms with E-state index in [0.717, 1.165) is 22.4 Å². The van der Waals surface area contributed by atoms with E-state index in [-0.39, 0.29) is 17.2 Å². The summed E-state index contributed by atoms with van der Waals surface area (Å²) in [6.07, 6.45) is 1.13. The number of carbonyl (C=O) groups excluding carboxylic acids is 1. The lowest BCUT2D eigenvalue weighted by molar-refractivity contribution is -0.116. The summed E-state index contributed by atoms with van der Waals surface area (Å²) in [7, 11) is -2.27. The van der Waals surface area contributed by atoms with Crippen molar-refractivity contribution >= 4 is 21.6 Å². The van der Waals surface area contributed by atoms with Gasteiger partial charge in [0.15, 0.2) is 0 Å². The largest absolute Gasteiger partial charge is 0.497 e. The fourth-order valence-electron chi connectivity index (χ4n) is 2.95. The van der Waals surface area contributed by atoms with Crippen molar-refractivity contribution in [2.24, 2.45) is 5.14 Å². The summed E-state index contributed by atoms with van der Waals surface area (Å²) in [5.41, 5.74) is 2.73. The highest BCUT2D eigenvalue weighted by Gasteiger charge is 2.15. The van der Waals surface area contributed by atoms with Crippen LogP contribution in [-0.2, 0) is 21.2 Å². The van der Waals surface area contributed by atoms with Gasteiger partial charge in [-0.25, -0.2) is 13.6 Å². The molecule has 0 saturated carbocycles. The molecule has 9 nitrogen and oxygen atoms in total. The van der Waals surface area contributed by atoms with Crippen LogP contribution in [0.5, 0.6) is 5.75 Å². The number of hydrogen-bond acceptors (Lipinski definition) is 7. The first kappa shape index (κ1) is 22.4. The molecular weight excluding hydrogens is 420 g/mol. The summed E-state index contributed by atoms with van der Waals surface area (Å²) in [4.78, 5) is 16.7. The van der Waals surface area contributed by atoms with Gasteiger partial charge in [-0.3, -0.25) is 4.79 Å². The third-order valence-corrected chi connectivity index (χ3v) is 5.75. The van der Waals surface area contributed by atoms with E-state index in [1.54, 1.807) is 21.0 Å². The fourth-order valence-corrected chi connectivity index (χ4v) is 3.57. The van der Waals surface area contributed by atoms with Crippen LogP contribution in [0.3, 0.4) is 0 Å². The Morgan fingerprint density at radius 1 is 1.19 bits per heavy atom. The van der Waals surface area contributed by atoms with Crippen molar-refractivity contribution in [3.63, 3.8) is 0 Å². The molecule has 0 radical (unpaired) electrons. The standard InChI is InChI=1S/C21H24N4O5S/c1-13-11-17(31(22,27)28)12-18(14(13)2)23-19(26)5-4-6-20-24-21(25-30-20)15-7-9-16(29-3)10-8-15/h7-12H,4-6H2,1-3H3,(H,23,26)(H2,22,27,28). The van der Waals surface area contributed by atoms with E-state index in [0.29, 0.717) is 30.2 Å². The van der Waals surface area contributed by atoms with Gasteiger partial charge in [0.05, 0.1) is 12.0 Å². The number of methoxy groups -OCH3 is 1. The molecule has 0 fully saturated rings. The van der Waals surface area contributed by atoms with Crippen molar-refractivity contribution in [1.29, 1.82) is 0 Å². The van der Waals surface area contributed by atoms with E-state index in [1.807, 2.05) is 24.3 Å². The van der Waals surface area contributed by atoms with Gasteiger partial charge in [-0.15, -0.1) is 0 Å². The second kappa shape index (κ2) is 9.27. The van der Waals surface area contributed by atoms with E-state index in [4.69, 9.17) is 14.4 Å². The monoisotopic (exact) mass is 444 g/mol. The Labute approximate surface area is 180 Å². The number of benzene rings is 2. The molecule has 3 N–H and O–H groups in total. The number of rotatable bonds is 8. The van der Waals surface area contributed by atoms with Crippen LogP contribution in [0.4, 0.5) is 5.69 Å². The van der Waals surface area contributed by atoms with Gasteiger partial charge in [0.2, 0.25) is 27.6 Å². The van der Waals surface area contributed by atoms with Gasteiger partial charge < -0.3 is 14.6 Å². The van der Waals surface area contributed by atoms with E-state index in [1.165, 1.54) is 12.1 Å². The van der Waals surface area contributed by atoms with Gasteiger partial charge >= 0.3 is 0 Å². The Kier molecular flexibility index (Phi) is 6.71. The molecule has 0 unspecified atom stereocenters. The average Bonchev–Trinajstić information content (AvgIpc) is 3.19. The summed E-state index contributed by atoms with van der Waals surface area (Å²) in [5.74, 6) is 1.39. The minimum atomic E-state index is -3.86. The Morgan fingerprint density at radius 2 is 1.90 bits per heavy atom. The second-order valence-electron chi connectivity index (χ2n) is 7.10. The maximum atomic E-state index is 12.3. The highest BCUT2D eigenvalue weighted by atomic mass is 32.2. The van der Waals surface area contributed by atoms with Crippen molar-refractivity contribution in [2.45, 2.75) is 38.0 Å². The molecule has 164 valence electrons. The number of nitrogens with zero attached hydrogens (tertiary/aromatic N) is 2. The van der Waals surface area contributed by atoms with E-state index in [2.05, 4.69) is 15.5 Å². The van der Waals surface area contributed by atoms with Crippen molar-refractivity contribution < 1.29 is 22.5 Å². The number of nitrogens with one attached hydrogen (secondary N) is 1.